The van der Waals surface area contributed by atoms with Crippen LogP contribution >= 0.6 is 0 Å². The van der Waals surface area contributed by atoms with Gasteiger partial charge in [0.05, 0.1) is 28.4 Å². The van der Waals surface area contributed by atoms with Gasteiger partial charge in [0.15, 0.2) is 23.0 Å². The Labute approximate surface area is 159 Å². The molecule has 27 heavy (non-hydrogen) atoms. The topological polar surface area (TPSA) is 57.2 Å². The number of nitrogens with zero attached hydrogens (tertiary/aromatic N) is 1. The highest BCUT2D eigenvalue weighted by Crippen LogP contribution is 2.41. The van der Waals surface area contributed by atoms with Crippen molar-refractivity contribution in [2.75, 3.05) is 35.0 Å². The molecule has 0 aliphatic carbocycles. The lowest BCUT2D eigenvalue weighted by atomic mass is 9.84. The fraction of sp³-hybridized carbons (Fsp3) is 0.381. The van der Waals surface area contributed by atoms with Crippen LogP contribution in [0, 0.1) is 0 Å². The van der Waals surface area contributed by atoms with E-state index >= 15 is 0 Å². The predicted molar refractivity (Wildman–Crippen MR) is 102 cm³/mol. The molecule has 1 unspecified atom stereocenters. The second kappa shape index (κ2) is 7.78. The number of amides is 1. The van der Waals surface area contributed by atoms with Crippen molar-refractivity contribution in [3.8, 4) is 23.0 Å². The second-order valence-electron chi connectivity index (χ2n) is 6.47. The van der Waals surface area contributed by atoms with E-state index in [2.05, 4.69) is 0 Å². The van der Waals surface area contributed by atoms with E-state index < -0.39 is 0 Å². The summed E-state index contributed by atoms with van der Waals surface area (Å²) in [4.78, 5) is 14.0. The van der Waals surface area contributed by atoms with Gasteiger partial charge in [-0.25, -0.2) is 0 Å². The number of carbonyl (C=O) groups is 1. The maximum atomic E-state index is 12.1. The van der Waals surface area contributed by atoms with E-state index in [1.807, 2.05) is 35.2 Å². The molecule has 0 saturated heterocycles. The minimum atomic E-state index is -0.00253. The Balaban J connectivity index is 2.13. The highest BCUT2D eigenvalue weighted by molar-refractivity contribution is 5.74. The first-order chi connectivity index (χ1) is 13.0. The summed E-state index contributed by atoms with van der Waals surface area (Å²) in [7, 11) is 6.47. The van der Waals surface area contributed by atoms with Crippen LogP contribution in [0.4, 0.5) is 0 Å². The molecule has 2 aromatic carbocycles. The fourth-order valence-electron chi connectivity index (χ4n) is 3.58. The van der Waals surface area contributed by atoms with E-state index in [0.29, 0.717) is 36.1 Å². The smallest absolute Gasteiger partial charge is 0.219 e. The van der Waals surface area contributed by atoms with Crippen molar-refractivity contribution in [3.05, 3.63) is 47.0 Å². The molecule has 6 nitrogen and oxygen atoms in total. The van der Waals surface area contributed by atoms with Crippen molar-refractivity contribution in [3.63, 3.8) is 0 Å². The van der Waals surface area contributed by atoms with E-state index in [-0.39, 0.29) is 11.8 Å². The SMILES string of the molecule is COc1ccc(C2CN(C(C)=O)Cc3cc(OC)c(OC)cc32)cc1OC. The van der Waals surface area contributed by atoms with Gasteiger partial charge >= 0.3 is 0 Å². The summed E-state index contributed by atoms with van der Waals surface area (Å²) < 4.78 is 21.7. The number of fused-ring (bicyclic) bond motifs is 1. The summed E-state index contributed by atoms with van der Waals surface area (Å²) in [5.74, 6) is 2.72. The van der Waals surface area contributed by atoms with Crippen LogP contribution in [0.2, 0.25) is 0 Å². The van der Waals surface area contributed by atoms with Gasteiger partial charge < -0.3 is 23.8 Å². The molecular weight excluding hydrogens is 346 g/mol. The summed E-state index contributed by atoms with van der Waals surface area (Å²) in [6.45, 7) is 2.74. The third-order valence-electron chi connectivity index (χ3n) is 5.04. The third kappa shape index (κ3) is 3.52. The largest absolute Gasteiger partial charge is 0.493 e. The van der Waals surface area contributed by atoms with Crippen LogP contribution < -0.4 is 18.9 Å². The molecule has 0 saturated carbocycles. The number of methoxy groups -OCH3 is 4. The Morgan fingerprint density at radius 1 is 0.889 bits per heavy atom. The van der Waals surface area contributed by atoms with Crippen molar-refractivity contribution in [1.29, 1.82) is 0 Å². The molecule has 144 valence electrons. The molecule has 0 bridgehead atoms. The van der Waals surface area contributed by atoms with Crippen molar-refractivity contribution >= 4 is 5.91 Å². The Morgan fingerprint density at radius 3 is 2.07 bits per heavy atom. The summed E-state index contributed by atoms with van der Waals surface area (Å²) >= 11 is 0. The first-order valence-electron chi connectivity index (χ1n) is 8.74. The number of hydrogen-bond acceptors (Lipinski definition) is 5. The summed E-state index contributed by atoms with van der Waals surface area (Å²) in [5, 5.41) is 0. The Kier molecular flexibility index (Phi) is 5.44. The van der Waals surface area contributed by atoms with E-state index in [1.165, 1.54) is 0 Å². The molecular formula is C21H25NO5. The molecule has 0 spiro atoms. The van der Waals surface area contributed by atoms with Gasteiger partial charge in [-0.15, -0.1) is 0 Å². The first-order valence-corrected chi connectivity index (χ1v) is 8.74. The zero-order valence-electron chi connectivity index (χ0n) is 16.4. The monoisotopic (exact) mass is 371 g/mol. The Hall–Kier alpha value is -2.89. The van der Waals surface area contributed by atoms with E-state index in [9.17, 15) is 4.79 Å². The zero-order chi connectivity index (χ0) is 19.6. The third-order valence-corrected chi connectivity index (χ3v) is 5.04. The van der Waals surface area contributed by atoms with Crippen molar-refractivity contribution < 1.29 is 23.7 Å². The summed E-state index contributed by atoms with van der Waals surface area (Å²) in [6.07, 6.45) is 0. The van der Waals surface area contributed by atoms with Crippen LogP contribution in [-0.2, 0) is 11.3 Å². The van der Waals surface area contributed by atoms with Crippen LogP contribution in [0.1, 0.15) is 29.5 Å². The Morgan fingerprint density at radius 2 is 1.48 bits per heavy atom. The first kappa shape index (κ1) is 18.9. The number of hydrogen-bond donors (Lipinski definition) is 0. The molecule has 0 radical (unpaired) electrons. The minimum absolute atomic E-state index is 0.00253. The van der Waals surface area contributed by atoms with Crippen LogP contribution in [0.3, 0.4) is 0 Å². The van der Waals surface area contributed by atoms with Crippen LogP contribution in [-0.4, -0.2) is 45.8 Å². The average Bonchev–Trinajstić information content (AvgIpc) is 2.70. The molecule has 0 fully saturated rings. The molecule has 1 atom stereocenters. The lowest BCUT2D eigenvalue weighted by Gasteiger charge is -2.35. The zero-order valence-corrected chi connectivity index (χ0v) is 16.4. The number of benzene rings is 2. The normalized spacial score (nSPS) is 15.7. The molecule has 1 aliphatic heterocycles. The van der Waals surface area contributed by atoms with Gasteiger partial charge in [-0.1, -0.05) is 6.07 Å². The van der Waals surface area contributed by atoms with E-state index in [0.717, 1.165) is 16.7 Å². The van der Waals surface area contributed by atoms with Gasteiger partial charge in [-0.2, -0.15) is 0 Å². The summed E-state index contributed by atoms with van der Waals surface area (Å²) in [6, 6.07) is 9.83. The molecule has 1 amide bonds. The predicted octanol–water partition coefficient (Wildman–Crippen LogP) is 3.22. The molecule has 3 rings (SSSR count). The highest BCUT2D eigenvalue weighted by Gasteiger charge is 2.30. The van der Waals surface area contributed by atoms with Gasteiger partial charge in [0.25, 0.3) is 0 Å². The van der Waals surface area contributed by atoms with E-state index in [4.69, 9.17) is 18.9 Å². The maximum absolute atomic E-state index is 12.1. The van der Waals surface area contributed by atoms with Crippen LogP contribution in [0.25, 0.3) is 0 Å². The van der Waals surface area contributed by atoms with Crippen LogP contribution in [0.15, 0.2) is 30.3 Å². The molecule has 0 aromatic heterocycles. The van der Waals surface area contributed by atoms with Crippen molar-refractivity contribution in [2.45, 2.75) is 19.4 Å². The minimum Gasteiger partial charge on any atom is -0.493 e. The Bertz CT molecular complexity index is 849. The molecule has 1 heterocycles. The van der Waals surface area contributed by atoms with Gasteiger partial charge in [0.1, 0.15) is 0 Å². The fourth-order valence-corrected chi connectivity index (χ4v) is 3.58. The second-order valence-corrected chi connectivity index (χ2v) is 6.47. The van der Waals surface area contributed by atoms with E-state index in [1.54, 1.807) is 35.4 Å². The quantitative estimate of drug-likeness (QED) is 0.808. The van der Waals surface area contributed by atoms with Crippen LogP contribution in [0.5, 0.6) is 23.0 Å². The average molecular weight is 371 g/mol. The van der Waals surface area contributed by atoms with Gasteiger partial charge in [0, 0.05) is 25.9 Å². The number of rotatable bonds is 5. The maximum Gasteiger partial charge on any atom is 0.219 e. The lowest BCUT2D eigenvalue weighted by Crippen LogP contribution is -2.37. The standard InChI is InChI=1S/C21H25NO5/c1-13(23)22-11-15-9-20(26-4)21(27-5)10-16(15)17(12-22)14-6-7-18(24-2)19(8-14)25-3/h6-10,17H,11-12H2,1-5H3. The highest BCUT2D eigenvalue weighted by atomic mass is 16.5. The summed E-state index contributed by atoms with van der Waals surface area (Å²) in [5.41, 5.74) is 3.22. The van der Waals surface area contributed by atoms with Crippen molar-refractivity contribution in [1.82, 2.24) is 4.90 Å². The molecule has 0 N–H and O–H groups in total. The van der Waals surface area contributed by atoms with Crippen molar-refractivity contribution in [2.24, 2.45) is 0 Å². The molecule has 2 aromatic rings. The van der Waals surface area contributed by atoms with Gasteiger partial charge in [-0.05, 0) is 41.0 Å². The van der Waals surface area contributed by atoms with Gasteiger partial charge in [-0.3, -0.25) is 4.79 Å². The lowest BCUT2D eigenvalue weighted by molar-refractivity contribution is -0.129. The number of ether oxygens (including phenoxy) is 4. The molecule has 1 aliphatic rings. The molecule has 6 heteroatoms. The van der Waals surface area contributed by atoms with Gasteiger partial charge in [0.2, 0.25) is 5.91 Å². The number of carbonyl (C=O) groups excluding carboxylic acids is 1.